The Kier molecular flexibility index (Phi) is 5.58. The summed E-state index contributed by atoms with van der Waals surface area (Å²) in [7, 11) is 0. The predicted octanol–water partition coefficient (Wildman–Crippen LogP) is 4.35. The van der Waals surface area contributed by atoms with Crippen molar-refractivity contribution in [2.45, 2.75) is 13.8 Å². The van der Waals surface area contributed by atoms with Gasteiger partial charge in [-0.25, -0.2) is 14.8 Å². The topological polar surface area (TPSA) is 81.2 Å². The number of fused-ring (bicyclic) bond motifs is 1. The van der Waals surface area contributed by atoms with Crippen LogP contribution in [0.25, 0.3) is 11.0 Å². The van der Waals surface area contributed by atoms with E-state index in [-0.39, 0.29) is 0 Å². The molecule has 138 valence electrons. The van der Waals surface area contributed by atoms with Gasteiger partial charge in [0, 0.05) is 15.7 Å². The van der Waals surface area contributed by atoms with Crippen molar-refractivity contribution >= 4 is 51.8 Å². The second-order valence-corrected chi connectivity index (χ2v) is 6.75. The maximum atomic E-state index is 12.2. The van der Waals surface area contributed by atoms with Gasteiger partial charge < -0.3 is 10.1 Å². The molecule has 2 aromatic carbocycles. The molecule has 27 heavy (non-hydrogen) atoms. The van der Waals surface area contributed by atoms with E-state index in [2.05, 4.69) is 15.3 Å². The fourth-order valence-corrected chi connectivity index (χ4v) is 2.92. The van der Waals surface area contributed by atoms with Gasteiger partial charge in [-0.3, -0.25) is 4.79 Å². The first-order valence-electron chi connectivity index (χ1n) is 8.00. The highest BCUT2D eigenvalue weighted by molar-refractivity contribution is 6.35. The molecule has 1 heterocycles. The highest BCUT2D eigenvalue weighted by atomic mass is 35.5. The third-order valence-electron chi connectivity index (χ3n) is 3.79. The summed E-state index contributed by atoms with van der Waals surface area (Å²) in [5, 5.41) is 3.34. The number of aryl methyl sites for hydroxylation is 2. The lowest BCUT2D eigenvalue weighted by atomic mass is 10.2. The molecule has 0 unspecified atom stereocenters. The van der Waals surface area contributed by atoms with Gasteiger partial charge in [-0.1, -0.05) is 23.2 Å². The minimum Gasteiger partial charge on any atom is -0.452 e. The lowest BCUT2D eigenvalue weighted by Crippen LogP contribution is -2.21. The molecule has 0 spiro atoms. The number of nitrogens with zero attached hydrogens (tertiary/aromatic N) is 2. The van der Waals surface area contributed by atoms with Crippen LogP contribution >= 0.6 is 23.2 Å². The van der Waals surface area contributed by atoms with Crippen molar-refractivity contribution in [1.82, 2.24) is 9.97 Å². The van der Waals surface area contributed by atoms with E-state index >= 15 is 0 Å². The Bertz CT molecular complexity index is 1030. The summed E-state index contributed by atoms with van der Waals surface area (Å²) < 4.78 is 5.06. The monoisotopic (exact) mass is 403 g/mol. The number of nitrogens with one attached hydrogen (secondary N) is 1. The van der Waals surface area contributed by atoms with Crippen LogP contribution in [0.15, 0.2) is 36.4 Å². The van der Waals surface area contributed by atoms with E-state index in [9.17, 15) is 9.59 Å². The number of rotatable bonds is 4. The highest BCUT2D eigenvalue weighted by Gasteiger charge is 2.13. The molecule has 0 atom stereocenters. The van der Waals surface area contributed by atoms with Crippen molar-refractivity contribution < 1.29 is 14.3 Å². The summed E-state index contributed by atoms with van der Waals surface area (Å²) >= 11 is 11.8. The molecule has 0 aliphatic rings. The maximum Gasteiger partial charge on any atom is 0.338 e. The summed E-state index contributed by atoms with van der Waals surface area (Å²) in [6.07, 6.45) is 0. The molecule has 1 amide bonds. The Hall–Kier alpha value is -2.70. The SMILES string of the molecule is Cc1nc2ccc(C(=O)OCC(=O)Nc3cc(Cl)cc(Cl)c3)cc2nc1C. The average Bonchev–Trinajstić information content (AvgIpc) is 2.59. The molecule has 0 saturated carbocycles. The van der Waals surface area contributed by atoms with E-state index in [0.717, 1.165) is 11.4 Å². The van der Waals surface area contributed by atoms with Crippen molar-refractivity contribution in [3.8, 4) is 0 Å². The molecule has 1 N–H and O–H groups in total. The van der Waals surface area contributed by atoms with Crippen LogP contribution in [0.2, 0.25) is 10.0 Å². The molecule has 1 aromatic heterocycles. The molecule has 0 fully saturated rings. The van der Waals surface area contributed by atoms with Crippen LogP contribution in [0.4, 0.5) is 5.69 Å². The van der Waals surface area contributed by atoms with Crippen LogP contribution in [-0.2, 0) is 9.53 Å². The number of esters is 1. The number of halogens is 2. The Morgan fingerprint density at radius 2 is 1.59 bits per heavy atom. The van der Waals surface area contributed by atoms with E-state index in [1.165, 1.54) is 0 Å². The van der Waals surface area contributed by atoms with Gasteiger partial charge in [-0.15, -0.1) is 0 Å². The zero-order valence-electron chi connectivity index (χ0n) is 14.5. The predicted molar refractivity (Wildman–Crippen MR) is 104 cm³/mol. The Morgan fingerprint density at radius 3 is 2.26 bits per heavy atom. The van der Waals surface area contributed by atoms with Crippen molar-refractivity contribution in [2.75, 3.05) is 11.9 Å². The van der Waals surface area contributed by atoms with Gasteiger partial charge in [0.05, 0.1) is 28.0 Å². The molecule has 0 saturated heterocycles. The number of hydrogen-bond donors (Lipinski definition) is 1. The Morgan fingerprint density at radius 1 is 0.963 bits per heavy atom. The van der Waals surface area contributed by atoms with Crippen LogP contribution in [0.1, 0.15) is 21.7 Å². The molecule has 0 aliphatic carbocycles. The Balaban J connectivity index is 1.65. The molecule has 3 aromatic rings. The number of carbonyl (C=O) groups excluding carboxylic acids is 2. The largest absolute Gasteiger partial charge is 0.452 e. The zero-order valence-corrected chi connectivity index (χ0v) is 16.1. The molecule has 6 nitrogen and oxygen atoms in total. The summed E-state index contributed by atoms with van der Waals surface area (Å²) in [4.78, 5) is 33.0. The number of ether oxygens (including phenoxy) is 1. The summed E-state index contributed by atoms with van der Waals surface area (Å²) in [5.74, 6) is -1.13. The quantitative estimate of drug-likeness (QED) is 0.654. The van der Waals surface area contributed by atoms with Crippen LogP contribution < -0.4 is 5.32 Å². The van der Waals surface area contributed by atoms with Crippen LogP contribution in [0, 0.1) is 13.8 Å². The van der Waals surface area contributed by atoms with Gasteiger partial charge in [0.2, 0.25) is 0 Å². The summed E-state index contributed by atoms with van der Waals surface area (Å²) in [6.45, 7) is 3.27. The van der Waals surface area contributed by atoms with Crippen LogP contribution in [0.5, 0.6) is 0 Å². The maximum absolute atomic E-state index is 12.2. The molecule has 0 aliphatic heterocycles. The zero-order chi connectivity index (χ0) is 19.6. The normalized spacial score (nSPS) is 10.7. The van der Waals surface area contributed by atoms with Gasteiger partial charge in [0.25, 0.3) is 5.91 Å². The summed E-state index contributed by atoms with van der Waals surface area (Å²) in [6, 6.07) is 9.50. The van der Waals surface area contributed by atoms with Gasteiger partial charge in [-0.05, 0) is 50.2 Å². The number of anilines is 1. The average molecular weight is 404 g/mol. The number of benzene rings is 2. The molecule has 0 bridgehead atoms. The first-order valence-corrected chi connectivity index (χ1v) is 8.75. The van der Waals surface area contributed by atoms with E-state index in [4.69, 9.17) is 27.9 Å². The van der Waals surface area contributed by atoms with Crippen molar-refractivity contribution in [1.29, 1.82) is 0 Å². The van der Waals surface area contributed by atoms with E-state index in [0.29, 0.717) is 32.3 Å². The lowest BCUT2D eigenvalue weighted by molar-refractivity contribution is -0.119. The second-order valence-electron chi connectivity index (χ2n) is 5.88. The van der Waals surface area contributed by atoms with Crippen LogP contribution in [0.3, 0.4) is 0 Å². The van der Waals surface area contributed by atoms with E-state index in [1.807, 2.05) is 13.8 Å². The van der Waals surface area contributed by atoms with Crippen molar-refractivity contribution in [3.63, 3.8) is 0 Å². The molecular weight excluding hydrogens is 389 g/mol. The minimum absolute atomic E-state index is 0.290. The minimum atomic E-state index is -0.629. The smallest absolute Gasteiger partial charge is 0.338 e. The van der Waals surface area contributed by atoms with Crippen molar-refractivity contribution in [3.05, 3.63) is 63.4 Å². The van der Waals surface area contributed by atoms with Gasteiger partial charge in [-0.2, -0.15) is 0 Å². The molecule has 8 heteroatoms. The fourth-order valence-electron chi connectivity index (χ4n) is 2.40. The lowest BCUT2D eigenvalue weighted by Gasteiger charge is -2.08. The molecule has 0 radical (unpaired) electrons. The first-order chi connectivity index (χ1) is 12.8. The van der Waals surface area contributed by atoms with Crippen LogP contribution in [-0.4, -0.2) is 28.5 Å². The highest BCUT2D eigenvalue weighted by Crippen LogP contribution is 2.22. The Labute approximate surface area is 165 Å². The standard InChI is InChI=1S/C19H15Cl2N3O3/c1-10-11(2)23-17-5-12(3-4-16(17)22-10)19(26)27-9-18(25)24-15-7-13(20)6-14(21)8-15/h3-8H,9H2,1-2H3,(H,24,25). The van der Waals surface area contributed by atoms with Gasteiger partial charge >= 0.3 is 5.97 Å². The molecule has 3 rings (SSSR count). The number of carbonyl (C=O) groups is 2. The van der Waals surface area contributed by atoms with E-state index in [1.54, 1.807) is 36.4 Å². The summed E-state index contributed by atoms with van der Waals surface area (Å²) in [5.41, 5.74) is 3.60. The number of amides is 1. The third kappa shape index (κ3) is 4.72. The van der Waals surface area contributed by atoms with Crippen molar-refractivity contribution in [2.24, 2.45) is 0 Å². The number of hydrogen-bond acceptors (Lipinski definition) is 5. The van der Waals surface area contributed by atoms with Gasteiger partial charge in [0.1, 0.15) is 0 Å². The fraction of sp³-hybridized carbons (Fsp3) is 0.158. The first kappa shape index (κ1) is 19.1. The third-order valence-corrected chi connectivity index (χ3v) is 4.23. The number of aromatic nitrogens is 2. The van der Waals surface area contributed by atoms with E-state index < -0.39 is 18.5 Å². The van der Waals surface area contributed by atoms with Gasteiger partial charge in [0.15, 0.2) is 6.61 Å². The second kappa shape index (κ2) is 7.90. The molecular formula is C19H15Cl2N3O3.